The summed E-state index contributed by atoms with van der Waals surface area (Å²) in [5.41, 5.74) is 2.15. The predicted molar refractivity (Wildman–Crippen MR) is 92.2 cm³/mol. The second-order valence-electron chi connectivity index (χ2n) is 6.14. The van der Waals surface area contributed by atoms with Gasteiger partial charge in [0.05, 0.1) is 12.2 Å². The molecule has 1 aromatic heterocycles. The van der Waals surface area contributed by atoms with Gasteiger partial charge in [-0.15, -0.1) is 5.10 Å². The summed E-state index contributed by atoms with van der Waals surface area (Å²) in [7, 11) is 0. The summed E-state index contributed by atoms with van der Waals surface area (Å²) in [6, 6.07) is 8.12. The summed E-state index contributed by atoms with van der Waals surface area (Å²) >= 11 is 0. The average molecular weight is 344 g/mol. The Labute approximate surface area is 147 Å². The molecule has 0 atom stereocenters. The van der Waals surface area contributed by atoms with Crippen LogP contribution in [0.25, 0.3) is 5.69 Å². The predicted octanol–water partition coefficient (Wildman–Crippen LogP) is 0.651. The Morgan fingerprint density at radius 2 is 1.88 bits per heavy atom. The molecule has 1 fully saturated rings. The third-order valence-electron chi connectivity index (χ3n) is 4.33. The summed E-state index contributed by atoms with van der Waals surface area (Å²) in [4.78, 5) is 16.1. The fourth-order valence-corrected chi connectivity index (χ4v) is 2.83. The number of tetrazole rings is 1. The number of nitrogens with zero attached hydrogens (tertiary/aromatic N) is 6. The summed E-state index contributed by atoms with van der Waals surface area (Å²) in [6.07, 6.45) is 0. The maximum Gasteiger partial charge on any atom is 0.248 e. The molecule has 1 aromatic carbocycles. The molecule has 0 aliphatic carbocycles. The van der Waals surface area contributed by atoms with Gasteiger partial charge in [0.25, 0.3) is 0 Å². The molecule has 0 bridgehead atoms. The number of benzene rings is 1. The Hall–Kier alpha value is -2.32. The van der Waals surface area contributed by atoms with Gasteiger partial charge in [-0.05, 0) is 36.4 Å². The summed E-state index contributed by atoms with van der Waals surface area (Å²) in [6.45, 7) is 8.36. The Kier molecular flexibility index (Phi) is 5.72. The molecule has 0 saturated carbocycles. The molecule has 2 aromatic rings. The first-order chi connectivity index (χ1) is 12.2. The molecule has 0 spiro atoms. The number of aryl methyl sites for hydroxylation is 1. The summed E-state index contributed by atoms with van der Waals surface area (Å²) in [5, 5.41) is 12.1. The lowest BCUT2D eigenvalue weighted by molar-refractivity contribution is -0.137. The van der Waals surface area contributed by atoms with Crippen molar-refractivity contribution >= 4 is 5.91 Å². The number of aromatic nitrogens is 4. The van der Waals surface area contributed by atoms with E-state index in [0.717, 1.165) is 24.6 Å². The first-order valence-corrected chi connectivity index (χ1v) is 8.59. The second-order valence-corrected chi connectivity index (χ2v) is 6.14. The van der Waals surface area contributed by atoms with Crippen LogP contribution in [-0.4, -0.2) is 75.3 Å². The normalized spacial score (nSPS) is 15.5. The third-order valence-corrected chi connectivity index (χ3v) is 4.33. The molecule has 0 radical (unpaired) electrons. The van der Waals surface area contributed by atoms with Crippen molar-refractivity contribution in [3.63, 3.8) is 0 Å². The highest BCUT2D eigenvalue weighted by Crippen LogP contribution is 2.12. The zero-order chi connectivity index (χ0) is 17.6. The van der Waals surface area contributed by atoms with E-state index >= 15 is 0 Å². The Morgan fingerprint density at radius 1 is 1.16 bits per heavy atom. The van der Waals surface area contributed by atoms with Crippen LogP contribution in [0.3, 0.4) is 0 Å². The number of hydrogen-bond acceptors (Lipinski definition) is 6. The van der Waals surface area contributed by atoms with Crippen molar-refractivity contribution in [3.05, 3.63) is 35.7 Å². The molecule has 1 aliphatic rings. The standard InChI is InChI=1S/C17H24N6O2/c1-3-25-13-17(24)22-10-8-21(9-11-22)12-16-18-19-20-23(16)15-6-4-14(2)5-7-15/h4-7H,3,8-13H2,1-2H3. The topological polar surface area (TPSA) is 76.4 Å². The molecule has 0 unspecified atom stereocenters. The lowest BCUT2D eigenvalue weighted by Gasteiger charge is -2.34. The van der Waals surface area contributed by atoms with Crippen molar-refractivity contribution in [2.24, 2.45) is 0 Å². The number of hydrogen-bond donors (Lipinski definition) is 0. The number of amides is 1. The van der Waals surface area contributed by atoms with Crippen LogP contribution in [0, 0.1) is 6.92 Å². The molecule has 25 heavy (non-hydrogen) atoms. The summed E-state index contributed by atoms with van der Waals surface area (Å²) < 4.78 is 6.97. The lowest BCUT2D eigenvalue weighted by atomic mass is 10.2. The molecule has 2 heterocycles. The molecule has 134 valence electrons. The van der Waals surface area contributed by atoms with E-state index in [0.29, 0.717) is 26.2 Å². The van der Waals surface area contributed by atoms with Crippen molar-refractivity contribution < 1.29 is 9.53 Å². The SMILES string of the molecule is CCOCC(=O)N1CCN(Cc2nnnn2-c2ccc(C)cc2)CC1. The highest BCUT2D eigenvalue weighted by atomic mass is 16.5. The smallest absolute Gasteiger partial charge is 0.248 e. The Morgan fingerprint density at radius 3 is 2.56 bits per heavy atom. The van der Waals surface area contributed by atoms with Gasteiger partial charge in [0, 0.05) is 32.8 Å². The van der Waals surface area contributed by atoms with Crippen molar-refractivity contribution in [1.82, 2.24) is 30.0 Å². The average Bonchev–Trinajstić information content (AvgIpc) is 3.09. The largest absolute Gasteiger partial charge is 0.372 e. The number of rotatable bonds is 6. The third kappa shape index (κ3) is 4.40. The first kappa shape index (κ1) is 17.5. The van der Waals surface area contributed by atoms with Gasteiger partial charge in [0.15, 0.2) is 5.82 Å². The van der Waals surface area contributed by atoms with Crippen molar-refractivity contribution in [2.75, 3.05) is 39.4 Å². The van der Waals surface area contributed by atoms with Crippen molar-refractivity contribution in [1.29, 1.82) is 0 Å². The van der Waals surface area contributed by atoms with Gasteiger partial charge >= 0.3 is 0 Å². The van der Waals surface area contributed by atoms with Crippen LogP contribution in [0.4, 0.5) is 0 Å². The molecule has 1 aliphatic heterocycles. The van der Waals surface area contributed by atoms with Crippen LogP contribution < -0.4 is 0 Å². The molecule has 8 heteroatoms. The van der Waals surface area contributed by atoms with E-state index in [1.165, 1.54) is 5.56 Å². The van der Waals surface area contributed by atoms with Gasteiger partial charge in [-0.25, -0.2) is 0 Å². The van der Waals surface area contributed by atoms with E-state index in [9.17, 15) is 4.79 Å². The van der Waals surface area contributed by atoms with Gasteiger partial charge in [-0.1, -0.05) is 17.7 Å². The van der Waals surface area contributed by atoms with E-state index < -0.39 is 0 Å². The Bertz CT molecular complexity index is 691. The minimum atomic E-state index is 0.0611. The van der Waals surface area contributed by atoms with Gasteiger partial charge in [0.1, 0.15) is 6.61 Å². The second kappa shape index (κ2) is 8.17. The van der Waals surface area contributed by atoms with Gasteiger partial charge in [-0.2, -0.15) is 4.68 Å². The molecular formula is C17H24N6O2. The molecule has 0 N–H and O–H groups in total. The molecule has 1 amide bonds. The zero-order valence-electron chi connectivity index (χ0n) is 14.8. The van der Waals surface area contributed by atoms with E-state index in [4.69, 9.17) is 4.74 Å². The molecule has 3 rings (SSSR count). The van der Waals surface area contributed by atoms with Crippen LogP contribution in [0.2, 0.25) is 0 Å². The molecule has 8 nitrogen and oxygen atoms in total. The van der Waals surface area contributed by atoms with E-state index in [2.05, 4.69) is 27.3 Å². The van der Waals surface area contributed by atoms with Gasteiger partial charge in [-0.3, -0.25) is 9.69 Å². The monoisotopic (exact) mass is 344 g/mol. The van der Waals surface area contributed by atoms with Crippen LogP contribution in [0.15, 0.2) is 24.3 Å². The van der Waals surface area contributed by atoms with Crippen LogP contribution in [-0.2, 0) is 16.1 Å². The number of carbonyl (C=O) groups is 1. The van der Waals surface area contributed by atoms with Crippen molar-refractivity contribution in [2.45, 2.75) is 20.4 Å². The molecular weight excluding hydrogens is 320 g/mol. The maximum atomic E-state index is 12.0. The first-order valence-electron chi connectivity index (χ1n) is 8.59. The maximum absolute atomic E-state index is 12.0. The van der Waals surface area contributed by atoms with E-state index in [1.807, 2.05) is 36.1 Å². The lowest BCUT2D eigenvalue weighted by Crippen LogP contribution is -2.49. The zero-order valence-corrected chi connectivity index (χ0v) is 14.8. The fraction of sp³-hybridized carbons (Fsp3) is 0.529. The summed E-state index contributed by atoms with van der Waals surface area (Å²) in [5.74, 6) is 0.865. The van der Waals surface area contributed by atoms with Gasteiger partial charge in [0.2, 0.25) is 5.91 Å². The van der Waals surface area contributed by atoms with Crippen LogP contribution in [0.1, 0.15) is 18.3 Å². The minimum absolute atomic E-state index is 0.0611. The number of carbonyl (C=O) groups excluding carboxylic acids is 1. The fourth-order valence-electron chi connectivity index (χ4n) is 2.83. The van der Waals surface area contributed by atoms with E-state index in [-0.39, 0.29) is 12.5 Å². The van der Waals surface area contributed by atoms with Crippen molar-refractivity contribution in [3.8, 4) is 5.69 Å². The van der Waals surface area contributed by atoms with Gasteiger partial charge < -0.3 is 9.64 Å². The Balaban J connectivity index is 1.57. The highest BCUT2D eigenvalue weighted by Gasteiger charge is 2.22. The van der Waals surface area contributed by atoms with E-state index in [1.54, 1.807) is 4.68 Å². The minimum Gasteiger partial charge on any atom is -0.372 e. The number of ether oxygens (including phenoxy) is 1. The highest BCUT2D eigenvalue weighted by molar-refractivity contribution is 5.77. The van der Waals surface area contributed by atoms with Crippen LogP contribution in [0.5, 0.6) is 0 Å². The molecule has 1 saturated heterocycles. The number of piperazine rings is 1. The quantitative estimate of drug-likeness (QED) is 0.766. The van der Waals surface area contributed by atoms with Crippen LogP contribution >= 0.6 is 0 Å².